The van der Waals surface area contributed by atoms with E-state index in [0.29, 0.717) is 5.92 Å². The number of hydrogen-bond donors (Lipinski definition) is 0. The Morgan fingerprint density at radius 1 is 1.38 bits per heavy atom. The maximum atomic E-state index is 11.9. The highest BCUT2D eigenvalue weighted by Crippen LogP contribution is 2.20. The number of hydrogen-bond acceptors (Lipinski definition) is 2. The lowest BCUT2D eigenvalue weighted by molar-refractivity contribution is -0.153. The molecule has 0 spiro atoms. The molecule has 90 valence electrons. The molecule has 1 atom stereocenters. The number of pyridine rings is 1. The van der Waals surface area contributed by atoms with Crippen molar-refractivity contribution in [3.05, 3.63) is 24.0 Å². The first-order valence-electron chi connectivity index (χ1n) is 5.08. The Bertz CT molecular complexity index is 321. The first-order chi connectivity index (χ1) is 7.42. The minimum Gasteiger partial charge on any atom is -0.483 e. The molecule has 16 heavy (non-hydrogen) atoms. The van der Waals surface area contributed by atoms with Crippen molar-refractivity contribution in [2.45, 2.75) is 32.4 Å². The molecule has 0 aliphatic heterocycles. The van der Waals surface area contributed by atoms with E-state index < -0.39 is 12.8 Å². The summed E-state index contributed by atoms with van der Waals surface area (Å²) < 4.78 is 40.1. The van der Waals surface area contributed by atoms with E-state index in [0.717, 1.165) is 12.1 Å². The van der Waals surface area contributed by atoms with Crippen LogP contribution in [0.3, 0.4) is 0 Å². The Morgan fingerprint density at radius 3 is 2.50 bits per heavy atom. The average Bonchev–Trinajstić information content (AvgIpc) is 2.25. The van der Waals surface area contributed by atoms with Gasteiger partial charge < -0.3 is 4.74 Å². The minimum atomic E-state index is -4.31. The Balaban J connectivity index is 2.58. The van der Waals surface area contributed by atoms with Crippen LogP contribution in [0, 0.1) is 0 Å². The molecule has 0 saturated carbocycles. The van der Waals surface area contributed by atoms with Crippen LogP contribution >= 0.6 is 0 Å². The standard InChI is InChI=1S/C11H14F3NO/c1-3-8(2)10-5-4-9(6-15-10)16-7-11(12,13)14/h4-6,8H,3,7H2,1-2H3. The van der Waals surface area contributed by atoms with Crippen LogP contribution in [-0.2, 0) is 0 Å². The van der Waals surface area contributed by atoms with Crippen LogP contribution in [0.15, 0.2) is 18.3 Å². The van der Waals surface area contributed by atoms with Crippen LogP contribution in [0.2, 0.25) is 0 Å². The molecule has 0 amide bonds. The highest BCUT2D eigenvalue weighted by atomic mass is 19.4. The number of nitrogens with zero attached hydrogens (tertiary/aromatic N) is 1. The van der Waals surface area contributed by atoms with Crippen molar-refractivity contribution >= 4 is 0 Å². The molecule has 1 rings (SSSR count). The van der Waals surface area contributed by atoms with Gasteiger partial charge in [0.15, 0.2) is 6.61 Å². The van der Waals surface area contributed by atoms with Gasteiger partial charge in [-0.1, -0.05) is 13.8 Å². The predicted octanol–water partition coefficient (Wildman–Crippen LogP) is 3.54. The van der Waals surface area contributed by atoms with Crippen LogP contribution in [0.25, 0.3) is 0 Å². The van der Waals surface area contributed by atoms with Gasteiger partial charge in [-0.25, -0.2) is 0 Å². The van der Waals surface area contributed by atoms with Gasteiger partial charge in [0.2, 0.25) is 0 Å². The molecule has 0 N–H and O–H groups in total. The van der Waals surface area contributed by atoms with E-state index in [-0.39, 0.29) is 5.75 Å². The molecule has 2 nitrogen and oxygen atoms in total. The number of alkyl halides is 3. The highest BCUT2D eigenvalue weighted by Gasteiger charge is 2.28. The summed E-state index contributed by atoms with van der Waals surface area (Å²) in [6.07, 6.45) is -2.04. The molecule has 1 aromatic rings. The fourth-order valence-corrected chi connectivity index (χ4v) is 1.14. The summed E-state index contributed by atoms with van der Waals surface area (Å²) in [6.45, 7) is 2.76. The van der Waals surface area contributed by atoms with E-state index >= 15 is 0 Å². The maximum Gasteiger partial charge on any atom is 0.422 e. The number of aromatic nitrogens is 1. The SMILES string of the molecule is CCC(C)c1ccc(OCC(F)(F)F)cn1. The van der Waals surface area contributed by atoms with Gasteiger partial charge in [0.25, 0.3) is 0 Å². The zero-order valence-electron chi connectivity index (χ0n) is 9.21. The maximum absolute atomic E-state index is 11.9. The van der Waals surface area contributed by atoms with Crippen LogP contribution in [-0.4, -0.2) is 17.8 Å². The summed E-state index contributed by atoms with van der Waals surface area (Å²) >= 11 is 0. The smallest absolute Gasteiger partial charge is 0.422 e. The zero-order valence-corrected chi connectivity index (χ0v) is 9.21. The average molecular weight is 233 g/mol. The molecule has 0 radical (unpaired) electrons. The molecule has 0 aliphatic carbocycles. The monoisotopic (exact) mass is 233 g/mol. The quantitative estimate of drug-likeness (QED) is 0.793. The van der Waals surface area contributed by atoms with Gasteiger partial charge in [-0.15, -0.1) is 0 Å². The molecule has 0 bridgehead atoms. The Hall–Kier alpha value is -1.26. The van der Waals surface area contributed by atoms with E-state index in [1.807, 2.05) is 13.8 Å². The van der Waals surface area contributed by atoms with Crippen LogP contribution in [0.4, 0.5) is 13.2 Å². The van der Waals surface area contributed by atoms with Gasteiger partial charge in [0, 0.05) is 5.69 Å². The van der Waals surface area contributed by atoms with Gasteiger partial charge in [-0.2, -0.15) is 13.2 Å². The van der Waals surface area contributed by atoms with Crippen molar-refractivity contribution < 1.29 is 17.9 Å². The van der Waals surface area contributed by atoms with Crippen LogP contribution in [0.1, 0.15) is 31.9 Å². The second kappa shape index (κ2) is 5.18. The summed E-state index contributed by atoms with van der Waals surface area (Å²) in [6, 6.07) is 3.21. The summed E-state index contributed by atoms with van der Waals surface area (Å²) in [5.41, 5.74) is 0.863. The lowest BCUT2D eigenvalue weighted by Crippen LogP contribution is -2.19. The molecular formula is C11H14F3NO. The fraction of sp³-hybridized carbons (Fsp3) is 0.545. The van der Waals surface area contributed by atoms with Gasteiger partial charge >= 0.3 is 6.18 Å². The first kappa shape index (κ1) is 12.8. The molecule has 0 aliphatic rings. The summed E-state index contributed by atoms with van der Waals surface area (Å²) in [5.74, 6) is 0.445. The van der Waals surface area contributed by atoms with Crippen molar-refractivity contribution in [3.8, 4) is 5.75 Å². The third-order valence-corrected chi connectivity index (χ3v) is 2.28. The van der Waals surface area contributed by atoms with Crippen molar-refractivity contribution in [1.82, 2.24) is 4.98 Å². The minimum absolute atomic E-state index is 0.143. The molecule has 5 heteroatoms. The van der Waals surface area contributed by atoms with Crippen molar-refractivity contribution in [1.29, 1.82) is 0 Å². The summed E-state index contributed by atoms with van der Waals surface area (Å²) in [7, 11) is 0. The van der Waals surface area contributed by atoms with Crippen LogP contribution < -0.4 is 4.74 Å². The molecule has 1 heterocycles. The third-order valence-electron chi connectivity index (χ3n) is 2.28. The lowest BCUT2D eigenvalue weighted by atomic mass is 10.0. The van der Waals surface area contributed by atoms with E-state index in [1.165, 1.54) is 12.3 Å². The Kier molecular flexibility index (Phi) is 4.15. The van der Waals surface area contributed by atoms with Crippen molar-refractivity contribution in [3.63, 3.8) is 0 Å². The van der Waals surface area contributed by atoms with E-state index in [4.69, 9.17) is 0 Å². The summed E-state index contributed by atoms with van der Waals surface area (Å²) in [5, 5.41) is 0. The Labute approximate surface area is 92.5 Å². The van der Waals surface area contributed by atoms with Gasteiger partial charge in [0.05, 0.1) is 6.20 Å². The van der Waals surface area contributed by atoms with Crippen LogP contribution in [0.5, 0.6) is 5.75 Å². The van der Waals surface area contributed by atoms with Gasteiger partial charge in [-0.05, 0) is 24.5 Å². The number of rotatable bonds is 4. The molecule has 0 aromatic carbocycles. The number of halogens is 3. The topological polar surface area (TPSA) is 22.1 Å². The summed E-state index contributed by atoms with van der Waals surface area (Å²) in [4.78, 5) is 4.06. The van der Waals surface area contributed by atoms with Crippen molar-refractivity contribution in [2.24, 2.45) is 0 Å². The highest BCUT2D eigenvalue weighted by molar-refractivity contribution is 5.21. The normalized spacial score (nSPS) is 13.6. The zero-order chi connectivity index (χ0) is 12.2. The second-order valence-electron chi connectivity index (χ2n) is 3.63. The predicted molar refractivity (Wildman–Crippen MR) is 54.5 cm³/mol. The Morgan fingerprint density at radius 2 is 2.06 bits per heavy atom. The molecule has 0 saturated heterocycles. The van der Waals surface area contributed by atoms with Gasteiger partial charge in [-0.3, -0.25) is 4.98 Å². The second-order valence-corrected chi connectivity index (χ2v) is 3.63. The molecular weight excluding hydrogens is 219 g/mol. The van der Waals surface area contributed by atoms with E-state index in [2.05, 4.69) is 9.72 Å². The molecule has 0 fully saturated rings. The number of ether oxygens (including phenoxy) is 1. The van der Waals surface area contributed by atoms with Crippen molar-refractivity contribution in [2.75, 3.05) is 6.61 Å². The van der Waals surface area contributed by atoms with Gasteiger partial charge in [0.1, 0.15) is 5.75 Å². The molecule has 1 aromatic heterocycles. The first-order valence-corrected chi connectivity index (χ1v) is 5.08. The van der Waals surface area contributed by atoms with E-state index in [1.54, 1.807) is 6.07 Å². The lowest BCUT2D eigenvalue weighted by Gasteiger charge is -2.11. The fourth-order valence-electron chi connectivity index (χ4n) is 1.14. The molecule has 1 unspecified atom stereocenters. The largest absolute Gasteiger partial charge is 0.483 e. The van der Waals surface area contributed by atoms with E-state index in [9.17, 15) is 13.2 Å². The third kappa shape index (κ3) is 4.08.